The van der Waals surface area contributed by atoms with Gasteiger partial charge in [-0.15, -0.1) is 0 Å². The molecule has 1 saturated heterocycles. The molecule has 4 N–H and O–H groups in total. The molecule has 0 saturated carbocycles. The van der Waals surface area contributed by atoms with Crippen molar-refractivity contribution in [2.45, 2.75) is 18.9 Å². The molecule has 1 fully saturated rings. The molecule has 1 atom stereocenters. The van der Waals surface area contributed by atoms with E-state index in [1.165, 1.54) is 6.07 Å². The largest absolute Gasteiger partial charge is 0.378 e. The van der Waals surface area contributed by atoms with Crippen molar-refractivity contribution >= 4 is 17.3 Å². The SMILES string of the molecule is CC1(Nc2ccc([N+](=O)[O-])c(N)n2)CCNC1. The molecule has 0 aromatic carbocycles. The molecule has 0 spiro atoms. The Morgan fingerprint density at radius 3 is 2.94 bits per heavy atom. The highest BCUT2D eigenvalue weighted by Gasteiger charge is 2.28. The number of anilines is 2. The number of nitrogens with zero attached hydrogens (tertiary/aromatic N) is 2. The monoisotopic (exact) mass is 237 g/mol. The lowest BCUT2D eigenvalue weighted by molar-refractivity contribution is -0.384. The number of pyridine rings is 1. The van der Waals surface area contributed by atoms with Crippen LogP contribution in [0.25, 0.3) is 0 Å². The van der Waals surface area contributed by atoms with E-state index in [2.05, 4.69) is 22.5 Å². The van der Waals surface area contributed by atoms with Crippen molar-refractivity contribution in [3.05, 3.63) is 22.2 Å². The van der Waals surface area contributed by atoms with E-state index in [1.54, 1.807) is 6.07 Å². The smallest absolute Gasteiger partial charge is 0.311 e. The van der Waals surface area contributed by atoms with Crippen LogP contribution in [0.4, 0.5) is 17.3 Å². The van der Waals surface area contributed by atoms with Gasteiger partial charge in [-0.25, -0.2) is 4.98 Å². The van der Waals surface area contributed by atoms with Crippen molar-refractivity contribution in [1.82, 2.24) is 10.3 Å². The molecule has 17 heavy (non-hydrogen) atoms. The van der Waals surface area contributed by atoms with Crippen LogP contribution in [0.5, 0.6) is 0 Å². The molecule has 2 heterocycles. The number of nitrogens with two attached hydrogens (primary N) is 1. The van der Waals surface area contributed by atoms with E-state index < -0.39 is 4.92 Å². The Kier molecular flexibility index (Phi) is 2.84. The molecule has 0 amide bonds. The molecule has 92 valence electrons. The standard InChI is InChI=1S/C10H15N5O2/c1-10(4-5-12-6-10)14-8-3-2-7(15(16)17)9(11)13-8/h2-3,12H,4-6H2,1H3,(H3,11,13,14). The van der Waals surface area contributed by atoms with E-state index in [0.29, 0.717) is 5.82 Å². The van der Waals surface area contributed by atoms with Crippen molar-refractivity contribution in [1.29, 1.82) is 0 Å². The van der Waals surface area contributed by atoms with Gasteiger partial charge in [-0.05, 0) is 26.0 Å². The van der Waals surface area contributed by atoms with E-state index in [-0.39, 0.29) is 17.0 Å². The van der Waals surface area contributed by atoms with Crippen LogP contribution in [0, 0.1) is 10.1 Å². The van der Waals surface area contributed by atoms with E-state index in [1.807, 2.05) is 0 Å². The summed E-state index contributed by atoms with van der Waals surface area (Å²) in [5.41, 5.74) is 5.30. The fourth-order valence-corrected chi connectivity index (χ4v) is 1.92. The molecule has 0 radical (unpaired) electrons. The first-order valence-electron chi connectivity index (χ1n) is 5.40. The Hall–Kier alpha value is -1.89. The average molecular weight is 237 g/mol. The van der Waals surface area contributed by atoms with Gasteiger partial charge < -0.3 is 16.4 Å². The predicted octanol–water partition coefficient (Wildman–Crippen LogP) is 0.736. The predicted molar refractivity (Wildman–Crippen MR) is 64.8 cm³/mol. The summed E-state index contributed by atoms with van der Waals surface area (Å²) < 4.78 is 0. The van der Waals surface area contributed by atoms with Gasteiger partial charge in [-0.1, -0.05) is 0 Å². The minimum atomic E-state index is -0.537. The number of hydrogen-bond acceptors (Lipinski definition) is 6. The lowest BCUT2D eigenvalue weighted by atomic mass is 10.0. The highest BCUT2D eigenvalue weighted by atomic mass is 16.6. The number of rotatable bonds is 3. The zero-order chi connectivity index (χ0) is 12.5. The van der Waals surface area contributed by atoms with Gasteiger partial charge in [0.05, 0.1) is 4.92 Å². The number of nitro groups is 1. The molecular formula is C10H15N5O2. The first-order chi connectivity index (χ1) is 8.00. The second kappa shape index (κ2) is 4.17. The molecule has 1 aliphatic heterocycles. The first kappa shape index (κ1) is 11.6. The van der Waals surface area contributed by atoms with Gasteiger partial charge in [-0.2, -0.15) is 0 Å². The lowest BCUT2D eigenvalue weighted by Crippen LogP contribution is -2.37. The molecule has 1 aliphatic rings. The van der Waals surface area contributed by atoms with Crippen molar-refractivity contribution in [2.75, 3.05) is 24.1 Å². The van der Waals surface area contributed by atoms with Crippen molar-refractivity contribution < 1.29 is 4.92 Å². The summed E-state index contributed by atoms with van der Waals surface area (Å²) in [6, 6.07) is 2.95. The molecule has 1 aromatic heterocycles. The van der Waals surface area contributed by atoms with Crippen LogP contribution in [0.1, 0.15) is 13.3 Å². The van der Waals surface area contributed by atoms with Gasteiger partial charge in [0.2, 0.25) is 5.82 Å². The van der Waals surface area contributed by atoms with Crippen LogP contribution >= 0.6 is 0 Å². The molecule has 0 bridgehead atoms. The van der Waals surface area contributed by atoms with E-state index in [9.17, 15) is 10.1 Å². The summed E-state index contributed by atoms with van der Waals surface area (Å²) in [7, 11) is 0. The lowest BCUT2D eigenvalue weighted by Gasteiger charge is -2.25. The number of nitrogens with one attached hydrogen (secondary N) is 2. The molecule has 1 unspecified atom stereocenters. The Morgan fingerprint density at radius 2 is 2.41 bits per heavy atom. The number of aromatic nitrogens is 1. The van der Waals surface area contributed by atoms with Crippen LogP contribution in [0.15, 0.2) is 12.1 Å². The second-order valence-electron chi connectivity index (χ2n) is 4.47. The maximum Gasteiger partial charge on any atom is 0.311 e. The summed E-state index contributed by atoms with van der Waals surface area (Å²) >= 11 is 0. The van der Waals surface area contributed by atoms with E-state index in [4.69, 9.17) is 5.73 Å². The van der Waals surface area contributed by atoms with Crippen LogP contribution in [-0.4, -0.2) is 28.5 Å². The average Bonchev–Trinajstić information content (AvgIpc) is 2.64. The minimum absolute atomic E-state index is 0.0606. The Balaban J connectivity index is 2.17. The maximum atomic E-state index is 10.6. The first-order valence-corrected chi connectivity index (χ1v) is 5.40. The third kappa shape index (κ3) is 2.44. The van der Waals surface area contributed by atoms with Gasteiger partial charge in [0.1, 0.15) is 5.82 Å². The third-order valence-corrected chi connectivity index (χ3v) is 2.90. The summed E-state index contributed by atoms with van der Waals surface area (Å²) in [4.78, 5) is 14.1. The van der Waals surface area contributed by atoms with Gasteiger partial charge in [-0.3, -0.25) is 10.1 Å². The fourth-order valence-electron chi connectivity index (χ4n) is 1.92. The zero-order valence-electron chi connectivity index (χ0n) is 9.56. The van der Waals surface area contributed by atoms with Gasteiger partial charge >= 0.3 is 5.69 Å². The zero-order valence-corrected chi connectivity index (χ0v) is 9.56. The number of hydrogen-bond donors (Lipinski definition) is 3. The van der Waals surface area contributed by atoms with Crippen LogP contribution in [0.2, 0.25) is 0 Å². The number of nitrogen functional groups attached to an aromatic ring is 1. The van der Waals surface area contributed by atoms with Crippen molar-refractivity contribution in [3.63, 3.8) is 0 Å². The Labute approximate surface area is 98.6 Å². The Bertz CT molecular complexity index is 442. The maximum absolute atomic E-state index is 10.6. The highest BCUT2D eigenvalue weighted by Crippen LogP contribution is 2.24. The molecule has 7 heteroatoms. The van der Waals surface area contributed by atoms with Crippen LogP contribution in [0.3, 0.4) is 0 Å². The van der Waals surface area contributed by atoms with Gasteiger partial charge in [0.25, 0.3) is 0 Å². The Morgan fingerprint density at radius 1 is 1.65 bits per heavy atom. The van der Waals surface area contributed by atoms with Crippen molar-refractivity contribution in [3.8, 4) is 0 Å². The molecule has 1 aromatic rings. The van der Waals surface area contributed by atoms with Crippen LogP contribution in [-0.2, 0) is 0 Å². The normalized spacial score (nSPS) is 23.6. The van der Waals surface area contributed by atoms with Crippen LogP contribution < -0.4 is 16.4 Å². The second-order valence-corrected chi connectivity index (χ2v) is 4.47. The molecule has 2 rings (SSSR count). The summed E-state index contributed by atoms with van der Waals surface area (Å²) in [5.74, 6) is 0.508. The van der Waals surface area contributed by atoms with E-state index in [0.717, 1.165) is 19.5 Å². The fraction of sp³-hybridized carbons (Fsp3) is 0.500. The summed E-state index contributed by atoms with van der Waals surface area (Å²) in [6.45, 7) is 3.86. The molecular weight excluding hydrogens is 222 g/mol. The third-order valence-electron chi connectivity index (χ3n) is 2.90. The minimum Gasteiger partial charge on any atom is -0.378 e. The summed E-state index contributed by atoms with van der Waals surface area (Å²) in [6.07, 6.45) is 0.978. The van der Waals surface area contributed by atoms with E-state index >= 15 is 0 Å². The quantitative estimate of drug-likeness (QED) is 0.528. The molecule has 7 nitrogen and oxygen atoms in total. The summed E-state index contributed by atoms with van der Waals surface area (Å²) in [5, 5.41) is 17.1. The highest BCUT2D eigenvalue weighted by molar-refractivity contribution is 5.57. The topological polar surface area (TPSA) is 106 Å². The van der Waals surface area contributed by atoms with Crippen molar-refractivity contribution in [2.24, 2.45) is 0 Å². The molecule has 0 aliphatic carbocycles. The van der Waals surface area contributed by atoms with Gasteiger partial charge in [0.15, 0.2) is 0 Å². The van der Waals surface area contributed by atoms with Gasteiger partial charge in [0, 0.05) is 18.2 Å².